The number of carbonyl (C=O) groups excluding carboxylic acids is 1. The zero-order valence-electron chi connectivity index (χ0n) is 12.3. The zero-order valence-corrected chi connectivity index (χ0v) is 13.2. The van der Waals surface area contributed by atoms with Gasteiger partial charge in [-0.05, 0) is 45.4 Å². The van der Waals surface area contributed by atoms with Gasteiger partial charge in [0.15, 0.2) is 0 Å². The van der Waals surface area contributed by atoms with Crippen molar-refractivity contribution >= 4 is 17.2 Å². The van der Waals surface area contributed by atoms with Gasteiger partial charge in [0, 0.05) is 31.0 Å². The van der Waals surface area contributed by atoms with Crippen molar-refractivity contribution in [3.63, 3.8) is 0 Å². The second kappa shape index (κ2) is 7.18. The van der Waals surface area contributed by atoms with E-state index in [9.17, 15) is 9.90 Å². The Morgan fingerprint density at radius 1 is 1.55 bits per heavy atom. The molecule has 0 aliphatic carbocycles. The van der Waals surface area contributed by atoms with Crippen LogP contribution in [-0.2, 0) is 11.2 Å². The predicted molar refractivity (Wildman–Crippen MR) is 80.8 cm³/mol. The van der Waals surface area contributed by atoms with Gasteiger partial charge in [-0.1, -0.05) is 0 Å². The van der Waals surface area contributed by atoms with Crippen molar-refractivity contribution in [3.05, 3.63) is 16.1 Å². The molecule has 1 amide bonds. The van der Waals surface area contributed by atoms with Crippen molar-refractivity contribution in [3.8, 4) is 0 Å². The highest BCUT2D eigenvalue weighted by Crippen LogP contribution is 2.22. The van der Waals surface area contributed by atoms with E-state index in [-0.39, 0.29) is 18.4 Å². The van der Waals surface area contributed by atoms with E-state index < -0.39 is 0 Å². The minimum atomic E-state index is 0.189. The summed E-state index contributed by atoms with van der Waals surface area (Å²) in [5.41, 5.74) is 1.10. The summed E-state index contributed by atoms with van der Waals surface area (Å²) in [4.78, 5) is 18.7. The van der Waals surface area contributed by atoms with E-state index >= 15 is 0 Å². The Morgan fingerprint density at radius 2 is 2.35 bits per heavy atom. The van der Waals surface area contributed by atoms with Gasteiger partial charge < -0.3 is 10.0 Å². The minimum Gasteiger partial charge on any atom is -0.396 e. The van der Waals surface area contributed by atoms with E-state index in [0.29, 0.717) is 19.0 Å². The Hall–Kier alpha value is -0.940. The van der Waals surface area contributed by atoms with Crippen molar-refractivity contribution in [2.45, 2.75) is 52.0 Å². The summed E-state index contributed by atoms with van der Waals surface area (Å²) in [7, 11) is 0. The van der Waals surface area contributed by atoms with Crippen molar-refractivity contribution in [2.24, 2.45) is 5.92 Å². The molecule has 112 valence electrons. The molecule has 2 unspecified atom stereocenters. The van der Waals surface area contributed by atoms with Gasteiger partial charge in [0.05, 0.1) is 10.7 Å². The number of amides is 1. The molecule has 0 aromatic carbocycles. The zero-order chi connectivity index (χ0) is 14.5. The SMILES string of the molecule is Cc1nc(CCCC(=O)N2CC(CO)CCC2C)cs1. The Kier molecular flexibility index (Phi) is 5.54. The molecule has 0 radical (unpaired) electrons. The van der Waals surface area contributed by atoms with Crippen molar-refractivity contribution in [1.82, 2.24) is 9.88 Å². The predicted octanol–water partition coefficient (Wildman–Crippen LogP) is 2.39. The third kappa shape index (κ3) is 4.03. The molecule has 20 heavy (non-hydrogen) atoms. The van der Waals surface area contributed by atoms with Crippen LogP contribution in [0.4, 0.5) is 0 Å². The van der Waals surface area contributed by atoms with Gasteiger partial charge in [0.2, 0.25) is 5.91 Å². The van der Waals surface area contributed by atoms with Gasteiger partial charge in [0.1, 0.15) is 0 Å². The summed E-state index contributed by atoms with van der Waals surface area (Å²) >= 11 is 1.66. The average Bonchev–Trinajstić information content (AvgIpc) is 2.85. The first-order valence-corrected chi connectivity index (χ1v) is 8.29. The van der Waals surface area contributed by atoms with E-state index in [1.165, 1.54) is 0 Å². The number of piperidine rings is 1. The Labute approximate surface area is 124 Å². The third-order valence-corrected chi connectivity index (χ3v) is 4.87. The molecule has 1 saturated heterocycles. The number of hydrogen-bond donors (Lipinski definition) is 1. The topological polar surface area (TPSA) is 53.4 Å². The molecule has 1 aromatic rings. The summed E-state index contributed by atoms with van der Waals surface area (Å²) in [5.74, 6) is 0.485. The smallest absolute Gasteiger partial charge is 0.222 e. The number of aliphatic hydroxyl groups excluding tert-OH is 1. The fourth-order valence-corrected chi connectivity index (χ4v) is 3.41. The molecule has 5 heteroatoms. The van der Waals surface area contributed by atoms with Crippen molar-refractivity contribution in [2.75, 3.05) is 13.2 Å². The molecule has 2 atom stereocenters. The number of hydrogen-bond acceptors (Lipinski definition) is 4. The van der Waals surface area contributed by atoms with E-state index in [2.05, 4.69) is 17.3 Å². The van der Waals surface area contributed by atoms with Gasteiger partial charge in [0.25, 0.3) is 0 Å². The number of rotatable bonds is 5. The lowest BCUT2D eigenvalue weighted by Crippen LogP contribution is -2.46. The molecule has 4 nitrogen and oxygen atoms in total. The van der Waals surface area contributed by atoms with Crippen LogP contribution in [0, 0.1) is 12.8 Å². The molecule has 1 fully saturated rings. The molecule has 0 spiro atoms. The van der Waals surface area contributed by atoms with E-state index in [4.69, 9.17) is 0 Å². The van der Waals surface area contributed by atoms with Crippen LogP contribution in [0.15, 0.2) is 5.38 Å². The molecular weight excluding hydrogens is 272 g/mol. The molecule has 2 heterocycles. The van der Waals surface area contributed by atoms with E-state index in [1.807, 2.05) is 11.8 Å². The summed E-state index contributed by atoms with van der Waals surface area (Å²) in [6, 6.07) is 0.312. The van der Waals surface area contributed by atoms with Crippen LogP contribution in [0.3, 0.4) is 0 Å². The van der Waals surface area contributed by atoms with Gasteiger partial charge in [-0.3, -0.25) is 4.79 Å². The summed E-state index contributed by atoms with van der Waals surface area (Å²) in [5, 5.41) is 12.4. The second-order valence-electron chi connectivity index (χ2n) is 5.73. The van der Waals surface area contributed by atoms with Crippen LogP contribution in [0.5, 0.6) is 0 Å². The lowest BCUT2D eigenvalue weighted by atomic mass is 9.93. The van der Waals surface area contributed by atoms with Gasteiger partial charge >= 0.3 is 0 Å². The van der Waals surface area contributed by atoms with Crippen LogP contribution in [-0.4, -0.2) is 40.1 Å². The van der Waals surface area contributed by atoms with Gasteiger partial charge in [-0.2, -0.15) is 0 Å². The fourth-order valence-electron chi connectivity index (χ4n) is 2.77. The number of aliphatic hydroxyl groups is 1. The highest BCUT2D eigenvalue weighted by molar-refractivity contribution is 7.09. The molecule has 1 N–H and O–H groups in total. The number of aryl methyl sites for hydroxylation is 2. The monoisotopic (exact) mass is 296 g/mol. The molecule has 1 aromatic heterocycles. The third-order valence-electron chi connectivity index (χ3n) is 4.05. The molecule has 1 aliphatic rings. The Bertz CT molecular complexity index is 447. The number of aromatic nitrogens is 1. The van der Waals surface area contributed by atoms with Crippen molar-refractivity contribution < 1.29 is 9.90 Å². The summed E-state index contributed by atoms with van der Waals surface area (Å²) < 4.78 is 0. The first-order chi connectivity index (χ1) is 9.60. The van der Waals surface area contributed by atoms with E-state index in [1.54, 1.807) is 11.3 Å². The quantitative estimate of drug-likeness (QED) is 0.907. The standard InChI is InChI=1S/C15H24N2O2S/c1-11-6-7-13(9-18)8-17(11)15(19)5-3-4-14-10-20-12(2)16-14/h10-11,13,18H,3-9H2,1-2H3. The fraction of sp³-hybridized carbons (Fsp3) is 0.733. The maximum atomic E-state index is 12.3. The number of thiazole rings is 1. The highest BCUT2D eigenvalue weighted by atomic mass is 32.1. The molecule has 2 rings (SSSR count). The summed E-state index contributed by atoms with van der Waals surface area (Å²) in [6.45, 7) is 5.01. The Balaban J connectivity index is 1.78. The molecule has 0 bridgehead atoms. The average molecular weight is 296 g/mol. The molecule has 0 saturated carbocycles. The van der Waals surface area contributed by atoms with Gasteiger partial charge in [-0.25, -0.2) is 4.98 Å². The largest absolute Gasteiger partial charge is 0.396 e. The van der Waals surface area contributed by atoms with Crippen molar-refractivity contribution in [1.29, 1.82) is 0 Å². The maximum Gasteiger partial charge on any atom is 0.222 e. The van der Waals surface area contributed by atoms with Crippen LogP contribution in [0.2, 0.25) is 0 Å². The van der Waals surface area contributed by atoms with Crippen LogP contribution >= 0.6 is 11.3 Å². The number of carbonyl (C=O) groups is 1. The Morgan fingerprint density at radius 3 is 3.00 bits per heavy atom. The van der Waals surface area contributed by atoms with Gasteiger partial charge in [-0.15, -0.1) is 11.3 Å². The lowest BCUT2D eigenvalue weighted by molar-refractivity contribution is -0.136. The van der Waals surface area contributed by atoms with Crippen LogP contribution in [0.25, 0.3) is 0 Å². The summed E-state index contributed by atoms with van der Waals surface area (Å²) in [6.07, 6.45) is 4.34. The first kappa shape index (κ1) is 15.4. The lowest BCUT2D eigenvalue weighted by Gasteiger charge is -2.37. The second-order valence-corrected chi connectivity index (χ2v) is 6.79. The number of nitrogens with zero attached hydrogens (tertiary/aromatic N) is 2. The first-order valence-electron chi connectivity index (χ1n) is 7.41. The van der Waals surface area contributed by atoms with Crippen LogP contribution in [0.1, 0.15) is 43.3 Å². The maximum absolute atomic E-state index is 12.3. The van der Waals surface area contributed by atoms with Crippen LogP contribution < -0.4 is 0 Å². The highest BCUT2D eigenvalue weighted by Gasteiger charge is 2.28. The van der Waals surface area contributed by atoms with E-state index in [0.717, 1.165) is 36.4 Å². The molecular formula is C15H24N2O2S. The molecule has 1 aliphatic heterocycles. The number of likely N-dealkylation sites (tertiary alicyclic amines) is 1. The minimum absolute atomic E-state index is 0.189. The normalized spacial score (nSPS) is 23.1.